The van der Waals surface area contributed by atoms with Crippen LogP contribution in [0.1, 0.15) is 18.4 Å². The van der Waals surface area contributed by atoms with Crippen LogP contribution in [0.3, 0.4) is 0 Å². The van der Waals surface area contributed by atoms with Crippen molar-refractivity contribution in [3.63, 3.8) is 0 Å². The highest BCUT2D eigenvalue weighted by Gasteiger charge is 2.32. The quantitative estimate of drug-likeness (QED) is 0.845. The zero-order chi connectivity index (χ0) is 16.9. The van der Waals surface area contributed by atoms with E-state index in [0.717, 1.165) is 12.1 Å². The Morgan fingerprint density at radius 3 is 2.75 bits per heavy atom. The van der Waals surface area contributed by atoms with E-state index in [2.05, 4.69) is 15.6 Å². The number of ether oxygens (including phenoxy) is 1. The van der Waals surface area contributed by atoms with Gasteiger partial charge in [-0.3, -0.25) is 9.59 Å². The number of nitrogens with one attached hydrogen (secondary N) is 2. The Bertz CT molecular complexity index is 576. The van der Waals surface area contributed by atoms with Gasteiger partial charge in [-0.05, 0) is 31.4 Å². The number of likely N-dealkylation sites (tertiary alicyclic amines) is 1. The van der Waals surface area contributed by atoms with Gasteiger partial charge in [0.25, 0.3) is 5.91 Å². The molecule has 0 saturated carbocycles. The lowest BCUT2D eigenvalue weighted by atomic mass is 9.95. The fourth-order valence-electron chi connectivity index (χ4n) is 3.06. The summed E-state index contributed by atoms with van der Waals surface area (Å²) in [6, 6.07) is 3.72. The Hall–Kier alpha value is -1.99. The van der Waals surface area contributed by atoms with E-state index in [-0.39, 0.29) is 23.8 Å². The molecule has 2 N–H and O–H groups in total. The van der Waals surface area contributed by atoms with Crippen molar-refractivity contribution in [1.82, 2.24) is 15.2 Å². The van der Waals surface area contributed by atoms with E-state index in [9.17, 15) is 9.59 Å². The van der Waals surface area contributed by atoms with E-state index >= 15 is 0 Å². The van der Waals surface area contributed by atoms with Gasteiger partial charge in [0.15, 0.2) is 0 Å². The van der Waals surface area contributed by atoms with Crippen molar-refractivity contribution in [2.75, 3.05) is 38.1 Å². The van der Waals surface area contributed by atoms with Gasteiger partial charge in [0, 0.05) is 38.3 Å². The van der Waals surface area contributed by atoms with Crippen LogP contribution in [-0.4, -0.2) is 60.6 Å². The number of piperidine rings is 1. The summed E-state index contributed by atoms with van der Waals surface area (Å²) in [6.07, 6.45) is 2.68. The number of amides is 2. The maximum Gasteiger partial charge on any atom is 0.253 e. The van der Waals surface area contributed by atoms with Gasteiger partial charge >= 0.3 is 0 Å². The van der Waals surface area contributed by atoms with Crippen LogP contribution in [0.5, 0.6) is 0 Å². The highest BCUT2D eigenvalue weighted by Crippen LogP contribution is 2.20. The number of hydrogen-bond donors (Lipinski definition) is 2. The summed E-state index contributed by atoms with van der Waals surface area (Å²) in [6.45, 7) is 5.07. The van der Waals surface area contributed by atoms with E-state index in [0.29, 0.717) is 44.9 Å². The molecule has 1 aromatic rings. The molecular formula is C17H24N4O3. The van der Waals surface area contributed by atoms with Gasteiger partial charge in [-0.2, -0.15) is 0 Å². The lowest BCUT2D eigenvalue weighted by Crippen LogP contribution is -2.51. The van der Waals surface area contributed by atoms with Crippen molar-refractivity contribution in [1.29, 1.82) is 0 Å². The minimum atomic E-state index is -0.388. The summed E-state index contributed by atoms with van der Waals surface area (Å²) in [5, 5.41) is 6.03. The maximum atomic E-state index is 12.4. The zero-order valence-corrected chi connectivity index (χ0v) is 14.0. The maximum absolute atomic E-state index is 12.4. The smallest absolute Gasteiger partial charge is 0.253 e. The molecule has 7 heteroatoms. The van der Waals surface area contributed by atoms with Crippen molar-refractivity contribution in [3.8, 4) is 0 Å². The van der Waals surface area contributed by atoms with Crippen LogP contribution >= 0.6 is 0 Å². The van der Waals surface area contributed by atoms with Gasteiger partial charge in [-0.25, -0.2) is 4.98 Å². The summed E-state index contributed by atoms with van der Waals surface area (Å²) < 4.78 is 5.51. The molecule has 24 heavy (non-hydrogen) atoms. The Morgan fingerprint density at radius 2 is 2.12 bits per heavy atom. The fourth-order valence-corrected chi connectivity index (χ4v) is 3.06. The minimum absolute atomic E-state index is 0.0194. The Labute approximate surface area is 141 Å². The van der Waals surface area contributed by atoms with Gasteiger partial charge in [0.2, 0.25) is 5.91 Å². The first-order valence-electron chi connectivity index (χ1n) is 8.48. The lowest BCUT2D eigenvalue weighted by molar-refractivity contribution is -0.147. The van der Waals surface area contributed by atoms with Gasteiger partial charge < -0.3 is 20.3 Å². The molecular weight excluding hydrogens is 308 g/mol. The first kappa shape index (κ1) is 16.9. The number of pyridine rings is 1. The van der Waals surface area contributed by atoms with Crippen molar-refractivity contribution in [2.24, 2.45) is 5.92 Å². The molecule has 1 aromatic heterocycles. The van der Waals surface area contributed by atoms with Crippen molar-refractivity contribution >= 4 is 17.6 Å². The lowest BCUT2D eigenvalue weighted by Gasteiger charge is -2.34. The predicted molar refractivity (Wildman–Crippen MR) is 89.5 cm³/mol. The standard InChI is InChI=1S/C17H24N4O3/c1-12-2-3-15(19-10-12)20-16(22)13-4-7-21(8-5-13)17(23)14-11-18-6-9-24-14/h2-3,10,13-14,18H,4-9,11H2,1H3,(H,19,20,22). The number of hydrogen-bond acceptors (Lipinski definition) is 5. The summed E-state index contributed by atoms with van der Waals surface area (Å²) >= 11 is 0. The van der Waals surface area contributed by atoms with E-state index in [4.69, 9.17) is 4.74 Å². The van der Waals surface area contributed by atoms with Crippen molar-refractivity contribution in [3.05, 3.63) is 23.9 Å². The number of aromatic nitrogens is 1. The van der Waals surface area contributed by atoms with E-state index < -0.39 is 0 Å². The van der Waals surface area contributed by atoms with Gasteiger partial charge in [-0.15, -0.1) is 0 Å². The molecule has 2 aliphatic heterocycles. The topological polar surface area (TPSA) is 83.6 Å². The summed E-state index contributed by atoms with van der Waals surface area (Å²) in [5.41, 5.74) is 1.05. The van der Waals surface area contributed by atoms with Gasteiger partial charge in [0.1, 0.15) is 11.9 Å². The molecule has 3 rings (SSSR count). The minimum Gasteiger partial charge on any atom is -0.366 e. The first-order chi connectivity index (χ1) is 11.6. The average molecular weight is 332 g/mol. The molecule has 3 heterocycles. The predicted octanol–water partition coefficient (Wildman–Crippen LogP) is 0.556. The second kappa shape index (κ2) is 7.72. The van der Waals surface area contributed by atoms with Crippen molar-refractivity contribution in [2.45, 2.75) is 25.9 Å². The molecule has 0 spiro atoms. The highest BCUT2D eigenvalue weighted by molar-refractivity contribution is 5.92. The summed E-state index contributed by atoms with van der Waals surface area (Å²) in [4.78, 5) is 30.8. The Morgan fingerprint density at radius 1 is 1.33 bits per heavy atom. The molecule has 1 atom stereocenters. The first-order valence-corrected chi connectivity index (χ1v) is 8.48. The van der Waals surface area contributed by atoms with E-state index in [1.807, 2.05) is 17.9 Å². The van der Waals surface area contributed by atoms with Gasteiger partial charge in [-0.1, -0.05) is 6.07 Å². The number of rotatable bonds is 3. The molecule has 2 aliphatic rings. The molecule has 7 nitrogen and oxygen atoms in total. The number of carbonyl (C=O) groups excluding carboxylic acids is 2. The molecule has 0 bridgehead atoms. The molecule has 130 valence electrons. The number of morpholine rings is 1. The second-order valence-electron chi connectivity index (χ2n) is 6.37. The zero-order valence-electron chi connectivity index (χ0n) is 14.0. The summed E-state index contributed by atoms with van der Waals surface area (Å²) in [5.74, 6) is 0.503. The Balaban J connectivity index is 1.48. The van der Waals surface area contributed by atoms with Crippen LogP contribution in [0.15, 0.2) is 18.3 Å². The SMILES string of the molecule is Cc1ccc(NC(=O)C2CCN(C(=O)C3CNCCO3)CC2)nc1. The van der Waals surface area contributed by atoms with E-state index in [1.165, 1.54) is 0 Å². The highest BCUT2D eigenvalue weighted by atomic mass is 16.5. The third kappa shape index (κ3) is 4.10. The number of aryl methyl sites for hydroxylation is 1. The number of anilines is 1. The summed E-state index contributed by atoms with van der Waals surface area (Å²) in [7, 11) is 0. The van der Waals surface area contributed by atoms with Crippen molar-refractivity contribution < 1.29 is 14.3 Å². The van der Waals surface area contributed by atoms with Crippen LogP contribution in [0.25, 0.3) is 0 Å². The van der Waals surface area contributed by atoms with Crippen LogP contribution < -0.4 is 10.6 Å². The molecule has 2 amide bonds. The number of nitrogens with zero attached hydrogens (tertiary/aromatic N) is 2. The normalized spacial score (nSPS) is 22.2. The molecule has 1 unspecified atom stereocenters. The second-order valence-corrected chi connectivity index (χ2v) is 6.37. The molecule has 0 aromatic carbocycles. The molecule has 0 aliphatic carbocycles. The number of carbonyl (C=O) groups is 2. The van der Waals surface area contributed by atoms with Gasteiger partial charge in [0.05, 0.1) is 6.61 Å². The van der Waals surface area contributed by atoms with Crippen LogP contribution in [0.2, 0.25) is 0 Å². The van der Waals surface area contributed by atoms with E-state index in [1.54, 1.807) is 12.3 Å². The fraction of sp³-hybridized carbons (Fsp3) is 0.588. The third-order valence-corrected chi connectivity index (χ3v) is 4.54. The molecule has 0 radical (unpaired) electrons. The average Bonchev–Trinajstić information content (AvgIpc) is 2.64. The van der Waals surface area contributed by atoms with Crippen LogP contribution in [0, 0.1) is 12.8 Å². The van der Waals surface area contributed by atoms with Crippen LogP contribution in [0.4, 0.5) is 5.82 Å². The third-order valence-electron chi connectivity index (χ3n) is 4.54. The largest absolute Gasteiger partial charge is 0.366 e. The Kier molecular flexibility index (Phi) is 5.42. The molecule has 2 saturated heterocycles. The molecule has 2 fully saturated rings. The van der Waals surface area contributed by atoms with Crippen LogP contribution in [-0.2, 0) is 14.3 Å². The monoisotopic (exact) mass is 332 g/mol.